The van der Waals surface area contributed by atoms with E-state index in [-0.39, 0.29) is 37.0 Å². The van der Waals surface area contributed by atoms with Crippen LogP contribution in [0.3, 0.4) is 0 Å². The quantitative estimate of drug-likeness (QED) is 0.444. The number of aldehydes is 1. The molecule has 1 saturated heterocycles. The molecule has 0 amide bonds. The van der Waals surface area contributed by atoms with Crippen molar-refractivity contribution in [2.24, 2.45) is 5.92 Å². The van der Waals surface area contributed by atoms with Gasteiger partial charge in [-0.2, -0.15) is 0 Å². The van der Waals surface area contributed by atoms with Crippen LogP contribution in [0.5, 0.6) is 11.5 Å². The van der Waals surface area contributed by atoms with Gasteiger partial charge in [-0.05, 0) is 73.9 Å². The van der Waals surface area contributed by atoms with E-state index in [1.165, 1.54) is 0 Å². The van der Waals surface area contributed by atoms with Crippen LogP contribution in [0.15, 0.2) is 24.0 Å². The Morgan fingerprint density at radius 3 is 2.80 bits per heavy atom. The fourth-order valence-corrected chi connectivity index (χ4v) is 6.27. The summed E-state index contributed by atoms with van der Waals surface area (Å²) in [5.41, 5.74) is -0.0161. The summed E-state index contributed by atoms with van der Waals surface area (Å²) >= 11 is 0. The molecule has 3 heterocycles. The van der Waals surface area contributed by atoms with Crippen LogP contribution in [0.25, 0.3) is 0 Å². The van der Waals surface area contributed by atoms with Gasteiger partial charge in [0, 0.05) is 13.0 Å². The average Bonchev–Trinajstić information content (AvgIpc) is 3.51. The highest BCUT2D eigenvalue weighted by atomic mass is 16.7. The lowest BCUT2D eigenvalue weighted by Crippen LogP contribution is -2.49. The van der Waals surface area contributed by atoms with Gasteiger partial charge in [-0.15, -0.1) is 0 Å². The van der Waals surface area contributed by atoms with Crippen LogP contribution in [0.4, 0.5) is 0 Å². The average molecular weight is 486 g/mol. The fourth-order valence-electron chi connectivity index (χ4n) is 6.27. The number of esters is 1. The van der Waals surface area contributed by atoms with Crippen molar-refractivity contribution in [1.82, 2.24) is 4.90 Å². The Morgan fingerprint density at radius 2 is 2.09 bits per heavy atom. The zero-order valence-corrected chi connectivity index (χ0v) is 20.7. The maximum atomic E-state index is 13.5. The first-order valence-electron chi connectivity index (χ1n) is 12.6. The van der Waals surface area contributed by atoms with Crippen molar-refractivity contribution >= 4 is 12.3 Å². The summed E-state index contributed by atoms with van der Waals surface area (Å²) in [6, 6.07) is 4.07. The van der Waals surface area contributed by atoms with Crippen LogP contribution in [-0.4, -0.2) is 66.5 Å². The summed E-state index contributed by atoms with van der Waals surface area (Å²) in [6.45, 7) is 6.05. The standard InChI is InChI=1S/C27H35NO7/c1-17(2)5-8-27(31,9-12-29)25(30)35-24-22(32-3)15-26-7-4-10-28(26)11-6-18-13-20-21(34-16-33-20)14-19(18)23(24)26/h12-15,17,23-24,31H,4-11,16H2,1-3H3/t23-,24-,26+,27-/m1/s1. The Morgan fingerprint density at radius 1 is 1.31 bits per heavy atom. The first-order valence-corrected chi connectivity index (χ1v) is 12.6. The third-order valence-electron chi connectivity index (χ3n) is 8.13. The molecule has 1 spiro atoms. The van der Waals surface area contributed by atoms with Gasteiger partial charge in [0.05, 0.1) is 18.6 Å². The molecule has 4 atom stereocenters. The van der Waals surface area contributed by atoms with Crippen molar-refractivity contribution in [3.05, 3.63) is 35.1 Å². The molecular formula is C27H35NO7. The Labute approximate surface area is 206 Å². The molecule has 1 aromatic rings. The van der Waals surface area contributed by atoms with Crippen molar-refractivity contribution in [2.75, 3.05) is 27.0 Å². The van der Waals surface area contributed by atoms with Crippen LogP contribution >= 0.6 is 0 Å². The highest BCUT2D eigenvalue weighted by molar-refractivity contribution is 5.83. The number of aliphatic hydroxyl groups is 1. The normalized spacial score (nSPS) is 28.4. The number of methoxy groups -OCH3 is 1. The number of carbonyl (C=O) groups is 2. The molecule has 190 valence electrons. The van der Waals surface area contributed by atoms with Crippen molar-refractivity contribution in [3.8, 4) is 11.5 Å². The van der Waals surface area contributed by atoms with Gasteiger partial charge in [-0.3, -0.25) is 4.90 Å². The topological polar surface area (TPSA) is 94.5 Å². The molecule has 1 aliphatic carbocycles. The Hall–Kier alpha value is -2.58. The van der Waals surface area contributed by atoms with E-state index in [0.717, 1.165) is 49.2 Å². The monoisotopic (exact) mass is 485 g/mol. The summed E-state index contributed by atoms with van der Waals surface area (Å²) in [4.78, 5) is 27.3. The number of rotatable bonds is 8. The summed E-state index contributed by atoms with van der Waals surface area (Å²) in [6.07, 6.45) is 5.26. The molecule has 1 aromatic carbocycles. The van der Waals surface area contributed by atoms with E-state index in [2.05, 4.69) is 11.0 Å². The molecule has 8 nitrogen and oxygen atoms in total. The van der Waals surface area contributed by atoms with Crippen LogP contribution in [0, 0.1) is 5.92 Å². The summed E-state index contributed by atoms with van der Waals surface area (Å²) in [5.74, 6) is 1.29. The second-order valence-corrected chi connectivity index (χ2v) is 10.6. The van der Waals surface area contributed by atoms with Crippen molar-refractivity contribution in [3.63, 3.8) is 0 Å². The molecular weight excluding hydrogens is 450 g/mol. The first kappa shape index (κ1) is 24.1. The van der Waals surface area contributed by atoms with Crippen LogP contribution in [0.1, 0.15) is 63.0 Å². The minimum atomic E-state index is -1.86. The second-order valence-electron chi connectivity index (χ2n) is 10.6. The molecule has 0 aromatic heterocycles. The lowest BCUT2D eigenvalue weighted by molar-refractivity contribution is -0.174. The minimum Gasteiger partial charge on any atom is -0.497 e. The van der Waals surface area contributed by atoms with Gasteiger partial charge in [-0.1, -0.05) is 13.8 Å². The van der Waals surface area contributed by atoms with E-state index in [9.17, 15) is 14.7 Å². The zero-order chi connectivity index (χ0) is 24.8. The molecule has 1 fully saturated rings. The van der Waals surface area contributed by atoms with Crippen molar-refractivity contribution in [1.29, 1.82) is 0 Å². The Balaban J connectivity index is 1.54. The highest BCUT2D eigenvalue weighted by Crippen LogP contribution is 2.55. The maximum Gasteiger partial charge on any atom is 0.339 e. The number of hydrogen-bond acceptors (Lipinski definition) is 8. The van der Waals surface area contributed by atoms with Crippen LogP contribution < -0.4 is 9.47 Å². The van der Waals surface area contributed by atoms with Crippen molar-refractivity contribution in [2.45, 2.75) is 75.5 Å². The molecule has 0 radical (unpaired) electrons. The number of nitrogens with zero attached hydrogens (tertiary/aromatic N) is 1. The Kier molecular flexibility index (Phi) is 6.30. The third-order valence-corrected chi connectivity index (χ3v) is 8.13. The smallest absolute Gasteiger partial charge is 0.339 e. The van der Waals surface area contributed by atoms with Gasteiger partial charge in [0.2, 0.25) is 6.79 Å². The van der Waals surface area contributed by atoms with Gasteiger partial charge in [-0.25, -0.2) is 4.79 Å². The summed E-state index contributed by atoms with van der Waals surface area (Å²) < 4.78 is 23.3. The molecule has 0 unspecified atom stereocenters. The predicted molar refractivity (Wildman–Crippen MR) is 127 cm³/mol. The van der Waals surface area contributed by atoms with Crippen LogP contribution in [0.2, 0.25) is 0 Å². The minimum absolute atomic E-state index is 0.165. The molecule has 4 aliphatic rings. The zero-order valence-electron chi connectivity index (χ0n) is 20.7. The lowest BCUT2D eigenvalue weighted by Gasteiger charge is -2.39. The molecule has 5 rings (SSSR count). The SMILES string of the molecule is COC1=C[C@]23CCCN2CCc2cc4c(cc2[C@@H]3[C@@H]1OC(=O)[C@](O)(CC=O)CCC(C)C)OCO4. The van der Waals surface area contributed by atoms with E-state index < -0.39 is 17.7 Å². The number of fused-ring (bicyclic) bond motifs is 3. The molecule has 0 saturated carbocycles. The molecule has 35 heavy (non-hydrogen) atoms. The largest absolute Gasteiger partial charge is 0.497 e. The number of benzene rings is 1. The number of ether oxygens (including phenoxy) is 4. The predicted octanol–water partition coefficient (Wildman–Crippen LogP) is 3.10. The van der Waals surface area contributed by atoms with Gasteiger partial charge < -0.3 is 28.8 Å². The van der Waals surface area contributed by atoms with Gasteiger partial charge >= 0.3 is 5.97 Å². The molecule has 1 N–H and O–H groups in total. The second kappa shape index (κ2) is 9.13. The number of hydrogen-bond donors (Lipinski definition) is 1. The van der Waals surface area contributed by atoms with Gasteiger partial charge in [0.25, 0.3) is 0 Å². The van der Waals surface area contributed by atoms with E-state index in [1.54, 1.807) is 7.11 Å². The van der Waals surface area contributed by atoms with E-state index in [1.807, 2.05) is 26.0 Å². The molecule has 0 bridgehead atoms. The van der Waals surface area contributed by atoms with E-state index in [0.29, 0.717) is 24.2 Å². The lowest BCUT2D eigenvalue weighted by atomic mass is 9.77. The van der Waals surface area contributed by atoms with E-state index >= 15 is 0 Å². The first-order chi connectivity index (χ1) is 16.8. The third kappa shape index (κ3) is 4.00. The van der Waals surface area contributed by atoms with Crippen molar-refractivity contribution < 1.29 is 33.6 Å². The highest BCUT2D eigenvalue weighted by Gasteiger charge is 2.58. The fraction of sp³-hybridized carbons (Fsp3) is 0.630. The van der Waals surface area contributed by atoms with E-state index in [4.69, 9.17) is 18.9 Å². The number of carbonyl (C=O) groups excluding carboxylic acids is 2. The summed E-state index contributed by atoms with van der Waals surface area (Å²) in [7, 11) is 1.59. The van der Waals surface area contributed by atoms with Crippen LogP contribution in [-0.2, 0) is 25.5 Å². The Bertz CT molecular complexity index is 1040. The van der Waals surface area contributed by atoms with Gasteiger partial charge in [0.1, 0.15) is 12.0 Å². The molecule has 8 heteroatoms. The maximum absolute atomic E-state index is 13.5. The van der Waals surface area contributed by atoms with Gasteiger partial charge in [0.15, 0.2) is 23.2 Å². The summed E-state index contributed by atoms with van der Waals surface area (Å²) in [5, 5.41) is 11.2. The molecule has 3 aliphatic heterocycles.